The van der Waals surface area contributed by atoms with Gasteiger partial charge in [-0.25, -0.2) is 4.98 Å². The van der Waals surface area contributed by atoms with Gasteiger partial charge < -0.3 is 14.5 Å². The minimum absolute atomic E-state index is 0.196. The first kappa shape index (κ1) is 22.9. The molecule has 33 heavy (non-hydrogen) atoms. The predicted molar refractivity (Wildman–Crippen MR) is 130 cm³/mol. The molecule has 170 valence electrons. The molecule has 2 aromatic heterocycles. The van der Waals surface area contributed by atoms with Crippen LogP contribution in [0.1, 0.15) is 19.6 Å². The van der Waals surface area contributed by atoms with E-state index in [-0.39, 0.29) is 18.0 Å². The van der Waals surface area contributed by atoms with Gasteiger partial charge in [-0.15, -0.1) is 0 Å². The van der Waals surface area contributed by atoms with Crippen molar-refractivity contribution >= 4 is 45.9 Å². The molecule has 0 saturated carbocycles. The largest absolute Gasteiger partial charge is 0.492 e. The van der Waals surface area contributed by atoms with E-state index in [1.54, 1.807) is 55.7 Å². The van der Waals surface area contributed by atoms with Crippen molar-refractivity contribution in [3.63, 3.8) is 0 Å². The fourth-order valence-corrected chi connectivity index (χ4v) is 4.33. The standard InChI is InChI=1S/C24H22ClN3O4S/c1-3-31-21-9-5-4-8-19(21)26-22(29)15(2)33-24-27-20-13-16(25)10-11-18(20)23(30)28(24)14-17-7-6-12-32-17/h4-13,15H,3,14H2,1-2H3,(H,26,29). The van der Waals surface area contributed by atoms with E-state index in [0.717, 1.165) is 0 Å². The number of ether oxygens (including phenoxy) is 1. The number of nitrogens with one attached hydrogen (secondary N) is 1. The summed E-state index contributed by atoms with van der Waals surface area (Å²) in [7, 11) is 0. The number of rotatable bonds is 8. The zero-order chi connectivity index (χ0) is 23.4. The second-order valence-electron chi connectivity index (χ2n) is 7.21. The van der Waals surface area contributed by atoms with Crippen LogP contribution < -0.4 is 15.6 Å². The average molecular weight is 484 g/mol. The van der Waals surface area contributed by atoms with Crippen LogP contribution in [0, 0.1) is 0 Å². The molecule has 4 rings (SSSR count). The Morgan fingerprint density at radius 2 is 2.06 bits per heavy atom. The summed E-state index contributed by atoms with van der Waals surface area (Å²) in [5.41, 5.74) is 0.827. The molecule has 0 radical (unpaired) electrons. The summed E-state index contributed by atoms with van der Waals surface area (Å²) in [5, 5.41) is 3.67. The Kier molecular flexibility index (Phi) is 7.05. The second kappa shape index (κ2) is 10.1. The molecule has 0 spiro atoms. The summed E-state index contributed by atoms with van der Waals surface area (Å²) in [6.45, 7) is 4.32. The molecule has 2 heterocycles. The fourth-order valence-electron chi connectivity index (χ4n) is 3.26. The number of fused-ring (bicyclic) bond motifs is 1. The van der Waals surface area contributed by atoms with Gasteiger partial charge >= 0.3 is 0 Å². The highest BCUT2D eigenvalue weighted by Gasteiger charge is 2.21. The topological polar surface area (TPSA) is 86.4 Å². The summed E-state index contributed by atoms with van der Waals surface area (Å²) in [6.07, 6.45) is 1.55. The average Bonchev–Trinajstić information content (AvgIpc) is 3.31. The molecule has 0 aliphatic carbocycles. The van der Waals surface area contributed by atoms with Crippen molar-refractivity contribution in [3.05, 3.63) is 82.0 Å². The van der Waals surface area contributed by atoms with Gasteiger partial charge in [0.05, 0.1) is 41.3 Å². The number of para-hydroxylation sites is 2. The van der Waals surface area contributed by atoms with Gasteiger partial charge in [0.25, 0.3) is 5.56 Å². The number of carbonyl (C=O) groups is 1. The Bertz CT molecular complexity index is 1340. The number of anilines is 1. The number of carbonyl (C=O) groups excluding carboxylic acids is 1. The number of hydrogen-bond donors (Lipinski definition) is 1. The molecule has 0 saturated heterocycles. The minimum atomic E-state index is -0.550. The molecule has 1 amide bonds. The molecule has 2 aromatic carbocycles. The van der Waals surface area contributed by atoms with Crippen molar-refractivity contribution in [3.8, 4) is 5.75 Å². The smallest absolute Gasteiger partial charge is 0.262 e. The van der Waals surface area contributed by atoms with Gasteiger partial charge in [0, 0.05) is 5.02 Å². The third-order valence-electron chi connectivity index (χ3n) is 4.87. The van der Waals surface area contributed by atoms with Crippen LogP contribution in [0.3, 0.4) is 0 Å². The van der Waals surface area contributed by atoms with Gasteiger partial charge in [0.15, 0.2) is 5.16 Å². The molecule has 9 heteroatoms. The quantitative estimate of drug-likeness (QED) is 0.273. The first-order valence-electron chi connectivity index (χ1n) is 10.4. The minimum Gasteiger partial charge on any atom is -0.492 e. The Morgan fingerprint density at radius 1 is 1.24 bits per heavy atom. The summed E-state index contributed by atoms with van der Waals surface area (Å²) in [4.78, 5) is 30.9. The van der Waals surface area contributed by atoms with Gasteiger partial charge in [0.1, 0.15) is 11.5 Å². The highest BCUT2D eigenvalue weighted by Crippen LogP contribution is 2.28. The molecule has 0 bridgehead atoms. The van der Waals surface area contributed by atoms with E-state index in [9.17, 15) is 9.59 Å². The first-order valence-corrected chi connectivity index (χ1v) is 11.6. The zero-order valence-electron chi connectivity index (χ0n) is 18.1. The maximum absolute atomic E-state index is 13.3. The second-order valence-corrected chi connectivity index (χ2v) is 8.95. The fraction of sp³-hybridized carbons (Fsp3) is 0.208. The Hall–Kier alpha value is -3.23. The van der Waals surface area contributed by atoms with E-state index in [1.165, 1.54) is 16.3 Å². The third kappa shape index (κ3) is 5.23. The van der Waals surface area contributed by atoms with Gasteiger partial charge in [-0.3, -0.25) is 14.2 Å². The van der Waals surface area contributed by atoms with E-state index in [1.807, 2.05) is 19.1 Å². The number of furan rings is 1. The van der Waals surface area contributed by atoms with Crippen molar-refractivity contribution in [2.45, 2.75) is 30.8 Å². The lowest BCUT2D eigenvalue weighted by Crippen LogP contribution is -2.27. The zero-order valence-corrected chi connectivity index (χ0v) is 19.7. The van der Waals surface area contributed by atoms with Gasteiger partial charge in [-0.1, -0.05) is 35.5 Å². The molecule has 1 unspecified atom stereocenters. The number of hydrogen-bond acceptors (Lipinski definition) is 6. The first-order chi connectivity index (χ1) is 16.0. The van der Waals surface area contributed by atoms with E-state index >= 15 is 0 Å². The van der Waals surface area contributed by atoms with Crippen LogP contribution in [0.5, 0.6) is 5.75 Å². The SMILES string of the molecule is CCOc1ccccc1NC(=O)C(C)Sc1nc2cc(Cl)ccc2c(=O)n1Cc1ccco1. The molecule has 0 aliphatic rings. The Morgan fingerprint density at radius 3 is 2.82 bits per heavy atom. The van der Waals surface area contributed by atoms with Crippen LogP contribution in [0.25, 0.3) is 10.9 Å². The summed E-state index contributed by atoms with van der Waals surface area (Å²) >= 11 is 7.31. The van der Waals surface area contributed by atoms with Crippen LogP contribution in [0.4, 0.5) is 5.69 Å². The molecule has 0 aliphatic heterocycles. The molecule has 7 nitrogen and oxygen atoms in total. The number of aromatic nitrogens is 2. The maximum atomic E-state index is 13.3. The lowest BCUT2D eigenvalue weighted by molar-refractivity contribution is -0.115. The van der Waals surface area contributed by atoms with E-state index < -0.39 is 5.25 Å². The number of amides is 1. The van der Waals surface area contributed by atoms with Crippen molar-refractivity contribution in [1.29, 1.82) is 0 Å². The molecule has 1 atom stereocenters. The van der Waals surface area contributed by atoms with Crippen molar-refractivity contribution < 1.29 is 13.9 Å². The molecule has 4 aromatic rings. The van der Waals surface area contributed by atoms with Crippen molar-refractivity contribution in [2.75, 3.05) is 11.9 Å². The van der Waals surface area contributed by atoms with Crippen LogP contribution in [-0.2, 0) is 11.3 Å². The highest BCUT2D eigenvalue weighted by molar-refractivity contribution is 8.00. The van der Waals surface area contributed by atoms with E-state index in [2.05, 4.69) is 10.3 Å². The normalized spacial score (nSPS) is 12.0. The van der Waals surface area contributed by atoms with Gasteiger partial charge in [-0.05, 0) is 56.3 Å². The molecule has 1 N–H and O–H groups in total. The lowest BCUT2D eigenvalue weighted by atomic mass is 10.2. The van der Waals surface area contributed by atoms with E-state index in [0.29, 0.717) is 44.9 Å². The predicted octanol–water partition coefficient (Wildman–Crippen LogP) is 5.21. The third-order valence-corrected chi connectivity index (χ3v) is 6.20. The molecular weight excluding hydrogens is 462 g/mol. The monoisotopic (exact) mass is 483 g/mol. The van der Waals surface area contributed by atoms with Crippen LogP contribution in [0.15, 0.2) is 75.2 Å². The summed E-state index contributed by atoms with van der Waals surface area (Å²) in [6, 6.07) is 15.7. The van der Waals surface area contributed by atoms with Crippen molar-refractivity contribution in [1.82, 2.24) is 9.55 Å². The van der Waals surface area contributed by atoms with Gasteiger partial charge in [0.2, 0.25) is 5.91 Å². The van der Waals surface area contributed by atoms with Crippen molar-refractivity contribution in [2.24, 2.45) is 0 Å². The number of thioether (sulfide) groups is 1. The Labute approximate surface area is 199 Å². The molecular formula is C24H22ClN3O4S. The maximum Gasteiger partial charge on any atom is 0.262 e. The van der Waals surface area contributed by atoms with Gasteiger partial charge in [-0.2, -0.15) is 0 Å². The number of nitrogens with zero attached hydrogens (tertiary/aromatic N) is 2. The van der Waals surface area contributed by atoms with Crippen LogP contribution in [-0.4, -0.2) is 27.3 Å². The number of benzene rings is 2. The molecule has 0 fully saturated rings. The lowest BCUT2D eigenvalue weighted by Gasteiger charge is -2.17. The summed E-state index contributed by atoms with van der Waals surface area (Å²) in [5.74, 6) is 0.965. The summed E-state index contributed by atoms with van der Waals surface area (Å²) < 4.78 is 12.5. The van der Waals surface area contributed by atoms with E-state index in [4.69, 9.17) is 20.8 Å². The highest BCUT2D eigenvalue weighted by atomic mass is 35.5. The number of halogens is 1. The van der Waals surface area contributed by atoms with Crippen LogP contribution in [0.2, 0.25) is 5.02 Å². The van der Waals surface area contributed by atoms with Crippen LogP contribution >= 0.6 is 23.4 Å². The Balaban J connectivity index is 1.65.